The third kappa shape index (κ3) is 2.22. The van der Waals surface area contributed by atoms with E-state index in [1.807, 2.05) is 20.8 Å². The van der Waals surface area contributed by atoms with Gasteiger partial charge in [-0.25, -0.2) is 4.79 Å². The predicted octanol–water partition coefficient (Wildman–Crippen LogP) is 1.95. The Bertz CT molecular complexity index is 401. The molecule has 0 heterocycles. The summed E-state index contributed by atoms with van der Waals surface area (Å²) in [6.07, 6.45) is 4.09. The molecular weight excluding hydrogens is 258 g/mol. The fourth-order valence-electron chi connectivity index (χ4n) is 3.54. The van der Waals surface area contributed by atoms with Gasteiger partial charge in [0.15, 0.2) is 0 Å². The van der Waals surface area contributed by atoms with Crippen molar-refractivity contribution in [2.45, 2.75) is 64.5 Å². The van der Waals surface area contributed by atoms with Gasteiger partial charge in [-0.1, -0.05) is 26.7 Å². The molecule has 114 valence electrons. The number of rotatable bonds is 5. The van der Waals surface area contributed by atoms with Gasteiger partial charge in [0.2, 0.25) is 5.91 Å². The summed E-state index contributed by atoms with van der Waals surface area (Å²) < 4.78 is 5.59. The van der Waals surface area contributed by atoms with E-state index in [4.69, 9.17) is 4.74 Å². The number of carbonyl (C=O) groups excluding carboxylic acids is 1. The second-order valence-electron chi connectivity index (χ2n) is 6.55. The van der Waals surface area contributed by atoms with Crippen molar-refractivity contribution in [2.75, 3.05) is 6.61 Å². The third-order valence-corrected chi connectivity index (χ3v) is 5.19. The highest BCUT2D eigenvalue weighted by Crippen LogP contribution is 2.51. The molecule has 0 saturated heterocycles. The number of nitrogens with one attached hydrogen (secondary N) is 1. The van der Waals surface area contributed by atoms with Gasteiger partial charge < -0.3 is 15.2 Å². The van der Waals surface area contributed by atoms with Crippen LogP contribution in [-0.4, -0.2) is 35.2 Å². The Balaban J connectivity index is 2.12. The topological polar surface area (TPSA) is 75.6 Å². The number of amides is 1. The van der Waals surface area contributed by atoms with Crippen molar-refractivity contribution in [1.82, 2.24) is 5.32 Å². The quantitative estimate of drug-likeness (QED) is 0.808. The zero-order valence-electron chi connectivity index (χ0n) is 12.6. The van der Waals surface area contributed by atoms with Crippen LogP contribution < -0.4 is 5.32 Å². The molecule has 2 atom stereocenters. The fourth-order valence-corrected chi connectivity index (χ4v) is 3.54. The first-order valence-electron chi connectivity index (χ1n) is 7.52. The minimum absolute atomic E-state index is 0.0202. The highest BCUT2D eigenvalue weighted by Gasteiger charge is 2.66. The Labute approximate surface area is 120 Å². The summed E-state index contributed by atoms with van der Waals surface area (Å²) >= 11 is 0. The first-order chi connectivity index (χ1) is 9.35. The zero-order valence-corrected chi connectivity index (χ0v) is 12.6. The molecule has 2 N–H and O–H groups in total. The Morgan fingerprint density at radius 1 is 1.30 bits per heavy atom. The maximum Gasteiger partial charge on any atom is 0.330 e. The van der Waals surface area contributed by atoms with Crippen LogP contribution in [-0.2, 0) is 14.3 Å². The summed E-state index contributed by atoms with van der Waals surface area (Å²) in [7, 11) is 0. The van der Waals surface area contributed by atoms with Gasteiger partial charge >= 0.3 is 5.97 Å². The summed E-state index contributed by atoms with van der Waals surface area (Å²) in [5, 5.41) is 12.5. The number of aliphatic carboxylic acids is 1. The van der Waals surface area contributed by atoms with Gasteiger partial charge in [-0.05, 0) is 19.8 Å². The molecule has 0 spiro atoms. The number of carboxylic acids is 1. The Kier molecular flexibility index (Phi) is 4.09. The molecule has 5 nitrogen and oxygen atoms in total. The zero-order chi connectivity index (χ0) is 15.0. The van der Waals surface area contributed by atoms with Gasteiger partial charge in [0.1, 0.15) is 5.54 Å². The predicted molar refractivity (Wildman–Crippen MR) is 74.3 cm³/mol. The Hall–Kier alpha value is -1.10. The largest absolute Gasteiger partial charge is 0.479 e. The molecule has 2 aliphatic rings. The highest BCUT2D eigenvalue weighted by atomic mass is 16.5. The number of ether oxygens (including phenoxy) is 1. The maximum atomic E-state index is 12.3. The second kappa shape index (κ2) is 5.35. The average molecular weight is 283 g/mol. The molecule has 0 aromatic rings. The van der Waals surface area contributed by atoms with E-state index < -0.39 is 16.9 Å². The van der Waals surface area contributed by atoms with Crippen LogP contribution in [0.3, 0.4) is 0 Å². The van der Waals surface area contributed by atoms with E-state index in [2.05, 4.69) is 5.32 Å². The summed E-state index contributed by atoms with van der Waals surface area (Å²) in [5.41, 5.74) is -1.78. The average Bonchev–Trinajstić information content (AvgIpc) is 2.90. The van der Waals surface area contributed by atoms with E-state index in [0.29, 0.717) is 13.0 Å². The standard InChI is InChI=1S/C15H25NO4/c1-4-20-11-9-15(13(18)19,14(11,2)3)16-12(17)10-7-5-6-8-10/h10-11H,4-9H2,1-3H3,(H,16,17)(H,18,19). The molecule has 2 rings (SSSR count). The van der Waals surface area contributed by atoms with Crippen molar-refractivity contribution in [3.63, 3.8) is 0 Å². The van der Waals surface area contributed by atoms with Gasteiger partial charge in [0, 0.05) is 24.4 Å². The van der Waals surface area contributed by atoms with Crippen molar-refractivity contribution in [2.24, 2.45) is 11.3 Å². The Morgan fingerprint density at radius 2 is 1.90 bits per heavy atom. The second-order valence-corrected chi connectivity index (χ2v) is 6.55. The van der Waals surface area contributed by atoms with Gasteiger partial charge in [-0.15, -0.1) is 0 Å². The molecule has 2 fully saturated rings. The van der Waals surface area contributed by atoms with Crippen LogP contribution >= 0.6 is 0 Å². The molecule has 2 saturated carbocycles. The molecule has 1 amide bonds. The molecule has 20 heavy (non-hydrogen) atoms. The number of hydrogen-bond acceptors (Lipinski definition) is 3. The van der Waals surface area contributed by atoms with Crippen molar-refractivity contribution in [3.8, 4) is 0 Å². The summed E-state index contributed by atoms with van der Waals surface area (Å²) in [6, 6.07) is 0. The van der Waals surface area contributed by atoms with Gasteiger partial charge in [-0.2, -0.15) is 0 Å². The van der Waals surface area contributed by atoms with Crippen molar-refractivity contribution < 1.29 is 19.4 Å². The summed E-state index contributed by atoms with van der Waals surface area (Å²) in [4.78, 5) is 24.0. The maximum absolute atomic E-state index is 12.3. The van der Waals surface area contributed by atoms with E-state index in [9.17, 15) is 14.7 Å². The number of hydrogen-bond donors (Lipinski definition) is 2. The van der Waals surface area contributed by atoms with Crippen LogP contribution in [0.15, 0.2) is 0 Å². The minimum Gasteiger partial charge on any atom is -0.479 e. The van der Waals surface area contributed by atoms with Crippen LogP contribution in [0.4, 0.5) is 0 Å². The lowest BCUT2D eigenvalue weighted by molar-refractivity contribution is -0.195. The fraction of sp³-hybridized carbons (Fsp3) is 0.867. The van der Waals surface area contributed by atoms with Crippen LogP contribution in [0.25, 0.3) is 0 Å². The van der Waals surface area contributed by atoms with E-state index in [1.165, 1.54) is 0 Å². The van der Waals surface area contributed by atoms with Crippen LogP contribution in [0.5, 0.6) is 0 Å². The van der Waals surface area contributed by atoms with E-state index in [-0.39, 0.29) is 17.9 Å². The molecule has 0 aromatic carbocycles. The third-order valence-electron chi connectivity index (χ3n) is 5.19. The first kappa shape index (κ1) is 15.3. The molecule has 0 radical (unpaired) electrons. The van der Waals surface area contributed by atoms with E-state index >= 15 is 0 Å². The minimum atomic E-state index is -1.19. The Morgan fingerprint density at radius 3 is 2.35 bits per heavy atom. The van der Waals surface area contributed by atoms with E-state index in [0.717, 1.165) is 25.7 Å². The van der Waals surface area contributed by atoms with Gasteiger partial charge in [-0.3, -0.25) is 4.79 Å². The SMILES string of the molecule is CCOC1CC(NC(=O)C2CCCC2)(C(=O)O)C1(C)C. The lowest BCUT2D eigenvalue weighted by Crippen LogP contribution is -2.76. The number of carboxylic acid groups (broad SMARTS) is 1. The van der Waals surface area contributed by atoms with Crippen molar-refractivity contribution >= 4 is 11.9 Å². The molecule has 2 unspecified atom stereocenters. The van der Waals surface area contributed by atoms with Crippen LogP contribution in [0.2, 0.25) is 0 Å². The lowest BCUT2D eigenvalue weighted by atomic mass is 9.54. The summed E-state index contributed by atoms with van der Waals surface area (Å²) in [5.74, 6) is -1.08. The van der Waals surface area contributed by atoms with Crippen LogP contribution in [0, 0.1) is 11.3 Å². The lowest BCUT2D eigenvalue weighted by Gasteiger charge is -2.58. The molecule has 2 aliphatic carbocycles. The smallest absolute Gasteiger partial charge is 0.330 e. The van der Waals surface area contributed by atoms with Crippen molar-refractivity contribution in [3.05, 3.63) is 0 Å². The first-order valence-corrected chi connectivity index (χ1v) is 7.52. The van der Waals surface area contributed by atoms with Gasteiger partial charge in [0.05, 0.1) is 6.10 Å². The summed E-state index contributed by atoms with van der Waals surface area (Å²) in [6.45, 7) is 6.17. The van der Waals surface area contributed by atoms with Crippen LogP contribution in [0.1, 0.15) is 52.9 Å². The van der Waals surface area contributed by atoms with E-state index in [1.54, 1.807) is 0 Å². The normalized spacial score (nSPS) is 32.6. The molecular formula is C15H25NO4. The van der Waals surface area contributed by atoms with Crippen molar-refractivity contribution in [1.29, 1.82) is 0 Å². The molecule has 0 aromatic heterocycles. The monoisotopic (exact) mass is 283 g/mol. The number of carbonyl (C=O) groups is 2. The highest BCUT2D eigenvalue weighted by molar-refractivity contribution is 5.90. The molecule has 0 bridgehead atoms. The van der Waals surface area contributed by atoms with Gasteiger partial charge in [0.25, 0.3) is 0 Å². The molecule has 5 heteroatoms. The molecule has 0 aliphatic heterocycles.